The average molecular weight is 318 g/mol. The number of rotatable bonds is 2. The van der Waals surface area contributed by atoms with Crippen LogP contribution in [-0.2, 0) is 5.41 Å². The molecule has 0 aliphatic heterocycles. The molecule has 0 N–H and O–H groups in total. The van der Waals surface area contributed by atoms with E-state index < -0.39 is 0 Å². The Hall–Kier alpha value is -3.12. The largest absolute Gasteiger partial charge is 0.0991 e. The summed E-state index contributed by atoms with van der Waals surface area (Å²) in [6.45, 7) is 3.82. The lowest BCUT2D eigenvalue weighted by Gasteiger charge is -2.27. The molecule has 0 radical (unpaired) electrons. The lowest BCUT2D eigenvalue weighted by molar-refractivity contribution is 0.821. The first-order valence-corrected chi connectivity index (χ1v) is 8.67. The molecule has 3 aromatic rings. The van der Waals surface area contributed by atoms with E-state index in [0.717, 1.165) is 0 Å². The Morgan fingerprint density at radius 3 is 1.68 bits per heavy atom. The predicted molar refractivity (Wildman–Crippen MR) is 106 cm³/mol. The minimum atomic E-state index is -0.190. The van der Waals surface area contributed by atoms with E-state index in [2.05, 4.69) is 91.5 Å². The Labute approximate surface area is 148 Å². The Morgan fingerprint density at radius 2 is 1.12 bits per heavy atom. The molecular weight excluding hydrogens is 300 g/mol. The van der Waals surface area contributed by atoms with Crippen LogP contribution in [-0.4, -0.2) is 0 Å². The number of allylic oxidation sites excluding steroid dienone is 5. The van der Waals surface area contributed by atoms with Gasteiger partial charge in [-0.2, -0.15) is 0 Å². The van der Waals surface area contributed by atoms with Crippen LogP contribution >= 0.6 is 0 Å². The molecule has 0 saturated carbocycles. The number of hydrogen-bond donors (Lipinski definition) is 0. The van der Waals surface area contributed by atoms with Gasteiger partial charge in [-0.25, -0.2) is 0 Å². The molecule has 0 saturated heterocycles. The summed E-state index contributed by atoms with van der Waals surface area (Å²) >= 11 is 0. The summed E-state index contributed by atoms with van der Waals surface area (Å²) in [5.74, 6) is 0. The van der Waals surface area contributed by atoms with Crippen LogP contribution in [0.1, 0.15) is 22.3 Å². The van der Waals surface area contributed by atoms with Crippen molar-refractivity contribution < 1.29 is 0 Å². The summed E-state index contributed by atoms with van der Waals surface area (Å²) in [6, 6.07) is 26.4. The van der Waals surface area contributed by atoms with Gasteiger partial charge < -0.3 is 0 Å². The van der Waals surface area contributed by atoms with Gasteiger partial charge in [0.1, 0.15) is 0 Å². The van der Waals surface area contributed by atoms with Crippen LogP contribution in [0.15, 0.2) is 104 Å². The predicted octanol–water partition coefficient (Wildman–Crippen LogP) is 6.14. The molecule has 1 spiro atoms. The Kier molecular flexibility index (Phi) is 2.96. The molecule has 0 unspecified atom stereocenters. The van der Waals surface area contributed by atoms with Crippen molar-refractivity contribution in [3.8, 4) is 11.1 Å². The van der Waals surface area contributed by atoms with Gasteiger partial charge in [0, 0.05) is 0 Å². The smallest absolute Gasteiger partial charge is 0.0659 e. The Bertz CT molecular complexity index is 1020. The van der Waals surface area contributed by atoms with E-state index >= 15 is 0 Å². The summed E-state index contributed by atoms with van der Waals surface area (Å²) in [7, 11) is 0. The van der Waals surface area contributed by atoms with Crippen molar-refractivity contribution in [1.29, 1.82) is 0 Å². The Balaban J connectivity index is 1.92. The molecule has 2 aliphatic carbocycles. The van der Waals surface area contributed by atoms with Gasteiger partial charge >= 0.3 is 0 Å². The lowest BCUT2D eigenvalue weighted by Crippen LogP contribution is -2.22. The van der Waals surface area contributed by atoms with Crippen molar-refractivity contribution in [2.24, 2.45) is 0 Å². The molecule has 0 atom stereocenters. The molecule has 0 aromatic heterocycles. The topological polar surface area (TPSA) is 0 Å². The molecule has 3 aromatic carbocycles. The fourth-order valence-corrected chi connectivity index (χ4v) is 4.49. The van der Waals surface area contributed by atoms with Crippen LogP contribution in [0.25, 0.3) is 16.7 Å². The fourth-order valence-electron chi connectivity index (χ4n) is 4.49. The summed E-state index contributed by atoms with van der Waals surface area (Å²) in [5.41, 5.74) is 9.21. The zero-order valence-electron chi connectivity index (χ0n) is 13.9. The van der Waals surface area contributed by atoms with E-state index in [1.807, 2.05) is 12.2 Å². The van der Waals surface area contributed by atoms with Gasteiger partial charge in [-0.05, 0) is 39.0 Å². The lowest BCUT2D eigenvalue weighted by atomic mass is 9.74. The second kappa shape index (κ2) is 5.19. The van der Waals surface area contributed by atoms with Crippen LogP contribution < -0.4 is 0 Å². The summed E-state index contributed by atoms with van der Waals surface area (Å²) in [6.07, 6.45) is 8.46. The van der Waals surface area contributed by atoms with Gasteiger partial charge in [-0.3, -0.25) is 0 Å². The summed E-state index contributed by atoms with van der Waals surface area (Å²) < 4.78 is 0. The van der Waals surface area contributed by atoms with E-state index in [0.29, 0.717) is 0 Å². The first-order chi connectivity index (χ1) is 12.4. The van der Waals surface area contributed by atoms with Crippen molar-refractivity contribution in [1.82, 2.24) is 0 Å². The quantitative estimate of drug-likeness (QED) is 0.498. The molecule has 25 heavy (non-hydrogen) atoms. The van der Waals surface area contributed by atoms with Crippen LogP contribution in [0, 0.1) is 0 Å². The molecule has 5 rings (SSSR count). The second-order valence-electron chi connectivity index (χ2n) is 6.64. The SMILES string of the molecule is C=C/C=C\C1=CC2(c3ccccc31)c1ccccc1-c1ccccc12. The van der Waals surface area contributed by atoms with Gasteiger partial charge in [-0.1, -0.05) is 104 Å². The molecule has 0 heteroatoms. The van der Waals surface area contributed by atoms with Gasteiger partial charge in [0.2, 0.25) is 0 Å². The van der Waals surface area contributed by atoms with E-state index in [1.165, 1.54) is 39.0 Å². The molecule has 0 fully saturated rings. The standard InChI is InChI=1S/C25H18/c1-2-3-10-18-17-25(22-14-7-4-11-19(18)22)23-15-8-5-12-20(23)21-13-6-9-16-24(21)25/h2-17H,1H2/b10-3-. The minimum absolute atomic E-state index is 0.190. The van der Waals surface area contributed by atoms with Crippen molar-refractivity contribution in [2.75, 3.05) is 0 Å². The highest BCUT2D eigenvalue weighted by Gasteiger charge is 2.46. The maximum absolute atomic E-state index is 3.82. The number of benzene rings is 3. The third-order valence-corrected chi connectivity index (χ3v) is 5.44. The maximum atomic E-state index is 3.82. The van der Waals surface area contributed by atoms with Crippen molar-refractivity contribution >= 4 is 5.57 Å². The van der Waals surface area contributed by atoms with Gasteiger partial charge in [0.05, 0.1) is 5.41 Å². The van der Waals surface area contributed by atoms with Crippen molar-refractivity contribution in [3.05, 3.63) is 126 Å². The van der Waals surface area contributed by atoms with Crippen LogP contribution in [0.4, 0.5) is 0 Å². The fraction of sp³-hybridized carbons (Fsp3) is 0.0400. The normalized spacial score (nSPS) is 15.8. The molecule has 2 aliphatic rings. The monoisotopic (exact) mass is 318 g/mol. The van der Waals surface area contributed by atoms with Crippen LogP contribution in [0.5, 0.6) is 0 Å². The number of fused-ring (bicyclic) bond motifs is 7. The van der Waals surface area contributed by atoms with E-state index in [4.69, 9.17) is 0 Å². The third-order valence-electron chi connectivity index (χ3n) is 5.44. The van der Waals surface area contributed by atoms with Gasteiger partial charge in [-0.15, -0.1) is 0 Å². The van der Waals surface area contributed by atoms with Gasteiger partial charge in [0.15, 0.2) is 0 Å². The molecule has 0 heterocycles. The maximum Gasteiger partial charge on any atom is 0.0659 e. The van der Waals surface area contributed by atoms with Crippen LogP contribution in [0.2, 0.25) is 0 Å². The van der Waals surface area contributed by atoms with E-state index in [9.17, 15) is 0 Å². The highest BCUT2D eigenvalue weighted by atomic mass is 14.5. The molecular formula is C25H18. The van der Waals surface area contributed by atoms with Gasteiger partial charge in [0.25, 0.3) is 0 Å². The molecule has 0 amide bonds. The number of hydrogen-bond acceptors (Lipinski definition) is 0. The molecule has 0 nitrogen and oxygen atoms in total. The first kappa shape index (κ1) is 14.2. The summed E-state index contributed by atoms with van der Waals surface area (Å²) in [5, 5.41) is 0. The third kappa shape index (κ3) is 1.77. The summed E-state index contributed by atoms with van der Waals surface area (Å²) in [4.78, 5) is 0. The average Bonchev–Trinajstić information content (AvgIpc) is 3.16. The highest BCUT2D eigenvalue weighted by molar-refractivity contribution is 5.93. The van der Waals surface area contributed by atoms with E-state index in [-0.39, 0.29) is 5.41 Å². The zero-order chi connectivity index (χ0) is 16.9. The zero-order valence-corrected chi connectivity index (χ0v) is 13.9. The molecule has 118 valence electrons. The second-order valence-corrected chi connectivity index (χ2v) is 6.64. The van der Waals surface area contributed by atoms with Crippen LogP contribution in [0.3, 0.4) is 0 Å². The Morgan fingerprint density at radius 1 is 0.640 bits per heavy atom. The molecule has 0 bridgehead atoms. The first-order valence-electron chi connectivity index (χ1n) is 8.67. The minimum Gasteiger partial charge on any atom is -0.0991 e. The van der Waals surface area contributed by atoms with E-state index in [1.54, 1.807) is 0 Å². The van der Waals surface area contributed by atoms with Crippen molar-refractivity contribution in [2.45, 2.75) is 5.41 Å². The highest BCUT2D eigenvalue weighted by Crippen LogP contribution is 2.58. The van der Waals surface area contributed by atoms with Crippen molar-refractivity contribution in [3.63, 3.8) is 0 Å².